The molecule has 0 radical (unpaired) electrons. The van der Waals surface area contributed by atoms with Crippen LogP contribution in [0.1, 0.15) is 11.7 Å². The van der Waals surface area contributed by atoms with E-state index in [1.54, 1.807) is 36.4 Å². The van der Waals surface area contributed by atoms with Gasteiger partial charge < -0.3 is 13.6 Å². The number of furan rings is 1. The number of ether oxygens (including phenoxy) is 1. The van der Waals surface area contributed by atoms with Crippen LogP contribution in [0.5, 0.6) is 5.75 Å². The van der Waals surface area contributed by atoms with E-state index < -0.39 is 10.8 Å². The van der Waals surface area contributed by atoms with Gasteiger partial charge in [-0.2, -0.15) is 5.10 Å². The van der Waals surface area contributed by atoms with Crippen molar-refractivity contribution in [3.63, 3.8) is 0 Å². The van der Waals surface area contributed by atoms with Gasteiger partial charge >= 0.3 is 0 Å². The zero-order valence-electron chi connectivity index (χ0n) is 18.4. The number of nitrogens with zero attached hydrogens (tertiary/aromatic N) is 4. The van der Waals surface area contributed by atoms with Crippen molar-refractivity contribution < 1.29 is 23.3 Å². The number of aromatic nitrogens is 2. The standard InChI is InChI=1S/C22H14BrCl2N5O6S/c23-16-8-13(30(32)33)2-4-15(16)18-6-3-14(35-18)9-26-27-20(31)11-37-22-29-28-21(36-22)10-34-19-5-1-12(24)7-17(19)25/h1-9H,10-11H2,(H,27,31)/b26-9-. The molecule has 0 fully saturated rings. The molecule has 0 aliphatic carbocycles. The Morgan fingerprint density at radius 2 is 2.03 bits per heavy atom. The van der Waals surface area contributed by atoms with Crippen molar-refractivity contribution >= 4 is 68.7 Å². The van der Waals surface area contributed by atoms with Crippen molar-refractivity contribution in [2.75, 3.05) is 5.75 Å². The summed E-state index contributed by atoms with van der Waals surface area (Å²) in [5.41, 5.74) is 2.96. The Labute approximate surface area is 231 Å². The van der Waals surface area contributed by atoms with Gasteiger partial charge in [0.05, 0.1) is 21.9 Å². The fourth-order valence-electron chi connectivity index (χ4n) is 2.80. The Hall–Kier alpha value is -3.39. The van der Waals surface area contributed by atoms with E-state index in [1.807, 2.05) is 0 Å². The molecule has 37 heavy (non-hydrogen) atoms. The first-order valence-corrected chi connectivity index (χ1v) is 12.7. The lowest BCUT2D eigenvalue weighted by Gasteiger charge is -2.05. The van der Waals surface area contributed by atoms with Crippen LogP contribution in [0, 0.1) is 10.1 Å². The number of carbonyl (C=O) groups excluding carboxylic acids is 1. The summed E-state index contributed by atoms with van der Waals surface area (Å²) < 4.78 is 17.1. The quantitative estimate of drug-likeness (QED) is 0.0950. The van der Waals surface area contributed by atoms with Crippen LogP contribution in [0.4, 0.5) is 5.69 Å². The highest BCUT2D eigenvalue weighted by Gasteiger charge is 2.14. The fourth-order valence-corrected chi connectivity index (χ4v) is 4.40. The predicted molar refractivity (Wildman–Crippen MR) is 140 cm³/mol. The molecule has 1 N–H and O–H groups in total. The Bertz CT molecular complexity index is 1480. The van der Waals surface area contributed by atoms with Crippen LogP contribution in [0.25, 0.3) is 11.3 Å². The molecule has 0 aliphatic rings. The number of non-ortho nitro benzene ring substituents is 1. The number of benzene rings is 2. The third-order valence-corrected chi connectivity index (χ3v) is 6.46. The number of thioether (sulfide) groups is 1. The molecule has 4 rings (SSSR count). The summed E-state index contributed by atoms with van der Waals surface area (Å²) in [7, 11) is 0. The summed E-state index contributed by atoms with van der Waals surface area (Å²) in [6, 6.07) is 12.5. The maximum atomic E-state index is 12.1. The minimum atomic E-state index is -0.485. The molecule has 2 aromatic heterocycles. The first kappa shape index (κ1) is 26.7. The van der Waals surface area contributed by atoms with E-state index in [0.717, 1.165) is 11.8 Å². The Kier molecular flexibility index (Phi) is 8.82. The number of hydrogen-bond donors (Lipinski definition) is 1. The van der Waals surface area contributed by atoms with Crippen LogP contribution in [0.3, 0.4) is 0 Å². The summed E-state index contributed by atoms with van der Waals surface area (Å²) >= 11 is 16.2. The summed E-state index contributed by atoms with van der Waals surface area (Å²) in [5.74, 6) is 1.03. The highest BCUT2D eigenvalue weighted by atomic mass is 79.9. The molecule has 4 aromatic rings. The fraction of sp³-hybridized carbons (Fsp3) is 0.0909. The molecular formula is C22H14BrCl2N5O6S. The van der Waals surface area contributed by atoms with Crippen molar-refractivity contribution in [1.29, 1.82) is 0 Å². The predicted octanol–water partition coefficient (Wildman–Crippen LogP) is 6.13. The van der Waals surface area contributed by atoms with Crippen molar-refractivity contribution in [3.05, 3.63) is 84.8 Å². The number of amides is 1. The topological polar surface area (TPSA) is 146 Å². The molecule has 0 aliphatic heterocycles. The molecular weight excluding hydrogens is 613 g/mol. The van der Waals surface area contributed by atoms with Crippen molar-refractivity contribution in [2.24, 2.45) is 5.10 Å². The minimum absolute atomic E-state index is 0.00696. The highest BCUT2D eigenvalue weighted by molar-refractivity contribution is 9.10. The molecule has 0 bridgehead atoms. The SMILES string of the molecule is O=C(CSc1nnc(COc2ccc(Cl)cc2Cl)o1)N/N=C\c1ccc(-c2ccc([N+](=O)[O-])cc2Br)o1. The van der Waals surface area contributed by atoms with Gasteiger partial charge in [-0.15, -0.1) is 10.2 Å². The largest absolute Gasteiger partial charge is 0.482 e. The van der Waals surface area contributed by atoms with Gasteiger partial charge in [-0.25, -0.2) is 5.43 Å². The number of nitro benzene ring substituents is 1. The van der Waals surface area contributed by atoms with Gasteiger partial charge in [0, 0.05) is 27.2 Å². The van der Waals surface area contributed by atoms with Crippen LogP contribution >= 0.6 is 50.9 Å². The normalized spacial score (nSPS) is 11.1. The van der Waals surface area contributed by atoms with E-state index in [9.17, 15) is 14.9 Å². The molecule has 190 valence electrons. The number of halogens is 3. The smallest absolute Gasteiger partial charge is 0.277 e. The van der Waals surface area contributed by atoms with Gasteiger partial charge in [-0.05, 0) is 52.3 Å². The first-order chi connectivity index (χ1) is 17.8. The molecule has 0 spiro atoms. The van der Waals surface area contributed by atoms with E-state index in [2.05, 4.69) is 36.7 Å². The number of nitro groups is 1. The Balaban J connectivity index is 1.23. The zero-order valence-corrected chi connectivity index (χ0v) is 22.3. The van der Waals surface area contributed by atoms with Crippen LogP contribution in [0.2, 0.25) is 10.0 Å². The number of nitrogens with one attached hydrogen (secondary N) is 1. The van der Waals surface area contributed by atoms with Crippen LogP contribution < -0.4 is 10.2 Å². The molecule has 0 atom stereocenters. The molecule has 1 amide bonds. The lowest BCUT2D eigenvalue weighted by molar-refractivity contribution is -0.384. The van der Waals surface area contributed by atoms with Gasteiger partial charge in [0.2, 0.25) is 0 Å². The van der Waals surface area contributed by atoms with Gasteiger partial charge in [-0.1, -0.05) is 35.0 Å². The second kappa shape index (κ2) is 12.2. The molecule has 11 nitrogen and oxygen atoms in total. The molecule has 2 aromatic carbocycles. The molecule has 2 heterocycles. The van der Waals surface area contributed by atoms with E-state index in [-0.39, 0.29) is 29.2 Å². The molecule has 0 saturated carbocycles. The molecule has 15 heteroatoms. The monoisotopic (exact) mass is 625 g/mol. The Morgan fingerprint density at radius 1 is 1.19 bits per heavy atom. The summed E-state index contributed by atoms with van der Waals surface area (Å²) in [4.78, 5) is 22.5. The maximum Gasteiger partial charge on any atom is 0.277 e. The first-order valence-electron chi connectivity index (χ1n) is 10.2. The van der Waals surface area contributed by atoms with Crippen LogP contribution in [-0.4, -0.2) is 33.0 Å². The van der Waals surface area contributed by atoms with E-state index >= 15 is 0 Å². The van der Waals surface area contributed by atoms with Crippen molar-refractivity contribution in [1.82, 2.24) is 15.6 Å². The third kappa shape index (κ3) is 7.32. The van der Waals surface area contributed by atoms with Gasteiger partial charge in [0.15, 0.2) is 6.61 Å². The van der Waals surface area contributed by atoms with Crippen molar-refractivity contribution in [2.45, 2.75) is 11.8 Å². The number of hydrogen-bond acceptors (Lipinski definition) is 10. The molecule has 0 unspecified atom stereocenters. The van der Waals surface area contributed by atoms with E-state index in [4.69, 9.17) is 36.8 Å². The number of carbonyl (C=O) groups is 1. The number of rotatable bonds is 10. The average molecular weight is 627 g/mol. The summed E-state index contributed by atoms with van der Waals surface area (Å²) in [6.07, 6.45) is 1.33. The van der Waals surface area contributed by atoms with Gasteiger partial charge in [0.1, 0.15) is 17.3 Å². The number of hydrazone groups is 1. The van der Waals surface area contributed by atoms with E-state index in [1.165, 1.54) is 18.3 Å². The van der Waals surface area contributed by atoms with E-state index in [0.29, 0.717) is 37.4 Å². The summed E-state index contributed by atoms with van der Waals surface area (Å²) in [6.45, 7) is -0.00696. The zero-order chi connectivity index (χ0) is 26.4. The third-order valence-electron chi connectivity index (χ3n) is 4.46. The van der Waals surface area contributed by atoms with Crippen LogP contribution in [0.15, 0.2) is 72.2 Å². The Morgan fingerprint density at radius 3 is 2.78 bits per heavy atom. The molecule has 0 saturated heterocycles. The van der Waals surface area contributed by atoms with Crippen molar-refractivity contribution in [3.8, 4) is 17.1 Å². The maximum absolute atomic E-state index is 12.1. The highest BCUT2D eigenvalue weighted by Crippen LogP contribution is 2.32. The second-order valence-corrected chi connectivity index (χ2v) is 9.65. The lowest BCUT2D eigenvalue weighted by Crippen LogP contribution is -2.19. The average Bonchev–Trinajstić information content (AvgIpc) is 3.52. The van der Waals surface area contributed by atoms with Gasteiger partial charge in [-0.3, -0.25) is 14.9 Å². The minimum Gasteiger partial charge on any atom is -0.482 e. The lowest BCUT2D eigenvalue weighted by atomic mass is 10.1. The second-order valence-electron chi connectivity index (χ2n) is 7.03. The van der Waals surface area contributed by atoms with Gasteiger partial charge in [0.25, 0.3) is 22.7 Å². The summed E-state index contributed by atoms with van der Waals surface area (Å²) in [5, 5.41) is 23.5. The van der Waals surface area contributed by atoms with Crippen LogP contribution in [-0.2, 0) is 11.4 Å².